The molecule has 4 amide bonds. The van der Waals surface area contributed by atoms with E-state index in [4.69, 9.17) is 9.47 Å². The first kappa shape index (κ1) is 28.4. The second-order valence-electron chi connectivity index (χ2n) is 9.23. The molecule has 40 heavy (non-hydrogen) atoms. The summed E-state index contributed by atoms with van der Waals surface area (Å²) in [4.78, 5) is 51.3. The minimum absolute atomic E-state index is 0.178. The van der Waals surface area contributed by atoms with Gasteiger partial charge in [-0.2, -0.15) is 0 Å². The quantitative estimate of drug-likeness (QED) is 0.342. The van der Waals surface area contributed by atoms with Gasteiger partial charge in [-0.25, -0.2) is 0 Å². The molecule has 1 fully saturated rings. The highest BCUT2D eigenvalue weighted by Crippen LogP contribution is 2.34. The number of anilines is 2. The third kappa shape index (κ3) is 7.09. The zero-order valence-corrected chi connectivity index (χ0v) is 23.4. The second-order valence-corrected chi connectivity index (χ2v) is 10.2. The van der Waals surface area contributed by atoms with E-state index in [1.54, 1.807) is 30.3 Å². The van der Waals surface area contributed by atoms with Crippen LogP contribution in [-0.2, 0) is 14.4 Å². The summed E-state index contributed by atoms with van der Waals surface area (Å²) in [6.45, 7) is 5.24. The highest BCUT2D eigenvalue weighted by atomic mass is 32.2. The van der Waals surface area contributed by atoms with Crippen LogP contribution < -0.4 is 20.1 Å². The van der Waals surface area contributed by atoms with Crippen LogP contribution in [0, 0.1) is 20.8 Å². The molecule has 1 aliphatic heterocycles. The lowest BCUT2D eigenvalue weighted by molar-refractivity contribution is -0.127. The number of thioether (sulfide) groups is 1. The van der Waals surface area contributed by atoms with Crippen LogP contribution in [0.1, 0.15) is 22.3 Å². The van der Waals surface area contributed by atoms with Gasteiger partial charge in [0.1, 0.15) is 6.54 Å². The molecule has 4 rings (SSSR count). The van der Waals surface area contributed by atoms with Crippen LogP contribution >= 0.6 is 11.8 Å². The number of carbonyl (C=O) groups excluding carboxylic acids is 4. The molecule has 1 saturated heterocycles. The Hall–Kier alpha value is -4.57. The van der Waals surface area contributed by atoms with Gasteiger partial charge in [0.15, 0.2) is 18.1 Å². The lowest BCUT2D eigenvalue weighted by atomic mass is 10.1. The predicted molar refractivity (Wildman–Crippen MR) is 156 cm³/mol. The molecular formula is C30H29N3O6S. The summed E-state index contributed by atoms with van der Waals surface area (Å²) in [6, 6.07) is 17.8. The molecule has 9 nitrogen and oxygen atoms in total. The van der Waals surface area contributed by atoms with Gasteiger partial charge in [0.25, 0.3) is 17.1 Å². The first-order valence-electron chi connectivity index (χ1n) is 12.4. The highest BCUT2D eigenvalue weighted by Gasteiger charge is 2.36. The van der Waals surface area contributed by atoms with Crippen LogP contribution in [0.15, 0.2) is 65.6 Å². The number of hydrogen-bond donors (Lipinski definition) is 2. The van der Waals surface area contributed by atoms with Crippen molar-refractivity contribution in [2.75, 3.05) is 30.9 Å². The number of benzene rings is 3. The van der Waals surface area contributed by atoms with Crippen LogP contribution in [0.4, 0.5) is 16.2 Å². The molecule has 0 spiro atoms. The Kier molecular flexibility index (Phi) is 8.90. The number of methoxy groups -OCH3 is 1. The summed E-state index contributed by atoms with van der Waals surface area (Å²) in [6.07, 6.45) is 1.54. The molecule has 2 N–H and O–H groups in total. The number of ether oxygens (including phenoxy) is 2. The summed E-state index contributed by atoms with van der Waals surface area (Å²) >= 11 is 0.756. The van der Waals surface area contributed by atoms with E-state index >= 15 is 0 Å². The maximum atomic E-state index is 12.9. The Morgan fingerprint density at radius 2 is 1.55 bits per heavy atom. The summed E-state index contributed by atoms with van der Waals surface area (Å²) in [7, 11) is 1.46. The van der Waals surface area contributed by atoms with Gasteiger partial charge in [0.2, 0.25) is 5.91 Å². The molecule has 0 unspecified atom stereocenters. The fourth-order valence-corrected chi connectivity index (χ4v) is 4.66. The number of carbonyl (C=O) groups is 4. The van der Waals surface area contributed by atoms with Crippen molar-refractivity contribution >= 4 is 52.2 Å². The van der Waals surface area contributed by atoms with Gasteiger partial charge < -0.3 is 20.1 Å². The van der Waals surface area contributed by atoms with Gasteiger partial charge >= 0.3 is 0 Å². The van der Waals surface area contributed by atoms with Crippen molar-refractivity contribution in [2.24, 2.45) is 0 Å². The van der Waals surface area contributed by atoms with Gasteiger partial charge in [-0.15, -0.1) is 0 Å². The Balaban J connectivity index is 1.37. The Morgan fingerprint density at radius 3 is 2.25 bits per heavy atom. The number of imide groups is 1. The minimum atomic E-state index is -0.558. The van der Waals surface area contributed by atoms with E-state index in [1.165, 1.54) is 7.11 Å². The van der Waals surface area contributed by atoms with Crippen LogP contribution in [0.2, 0.25) is 0 Å². The number of nitrogens with one attached hydrogen (secondary N) is 2. The lowest BCUT2D eigenvalue weighted by Gasteiger charge is -2.13. The fourth-order valence-electron chi connectivity index (χ4n) is 3.82. The molecule has 0 aliphatic carbocycles. The smallest absolute Gasteiger partial charge is 0.294 e. The van der Waals surface area contributed by atoms with E-state index < -0.39 is 23.6 Å². The van der Waals surface area contributed by atoms with Crippen molar-refractivity contribution in [2.45, 2.75) is 20.8 Å². The number of hydrogen-bond acceptors (Lipinski definition) is 7. The van der Waals surface area contributed by atoms with Crippen LogP contribution in [0.3, 0.4) is 0 Å². The topological polar surface area (TPSA) is 114 Å². The Morgan fingerprint density at radius 1 is 0.850 bits per heavy atom. The molecule has 10 heteroatoms. The fraction of sp³-hybridized carbons (Fsp3) is 0.200. The zero-order valence-electron chi connectivity index (χ0n) is 22.6. The van der Waals surface area contributed by atoms with Gasteiger partial charge in [-0.1, -0.05) is 29.8 Å². The molecule has 3 aromatic carbocycles. The first-order chi connectivity index (χ1) is 19.1. The SMILES string of the molecule is COc1cc(/C=C2/SC(=O)N(CC(=O)Nc3ccc(C)c(C)c3)C2=O)ccc1OCC(=O)Nc1ccc(C)cc1. The molecule has 0 atom stereocenters. The van der Waals surface area contributed by atoms with Gasteiger partial charge in [-0.3, -0.25) is 24.1 Å². The zero-order chi connectivity index (χ0) is 28.8. The largest absolute Gasteiger partial charge is 0.493 e. The van der Waals surface area contributed by atoms with E-state index in [-0.39, 0.29) is 17.4 Å². The van der Waals surface area contributed by atoms with Crippen molar-refractivity contribution in [3.63, 3.8) is 0 Å². The summed E-state index contributed by atoms with van der Waals surface area (Å²) in [5, 5.41) is 4.96. The van der Waals surface area contributed by atoms with Crippen molar-refractivity contribution in [1.82, 2.24) is 4.90 Å². The van der Waals surface area contributed by atoms with E-state index in [0.717, 1.165) is 33.4 Å². The third-order valence-corrected chi connectivity index (χ3v) is 7.05. The molecule has 0 bridgehead atoms. The second kappa shape index (κ2) is 12.5. The van der Waals surface area contributed by atoms with Crippen LogP contribution in [-0.4, -0.2) is 48.1 Å². The van der Waals surface area contributed by atoms with E-state index in [9.17, 15) is 19.2 Å². The summed E-state index contributed by atoms with van der Waals surface area (Å²) in [5.41, 5.74) is 5.04. The minimum Gasteiger partial charge on any atom is -0.493 e. The van der Waals surface area contributed by atoms with Crippen LogP contribution in [0.25, 0.3) is 6.08 Å². The molecule has 1 heterocycles. The summed E-state index contributed by atoms with van der Waals surface area (Å²) < 4.78 is 11.0. The summed E-state index contributed by atoms with van der Waals surface area (Å²) in [5.74, 6) is -0.664. The highest BCUT2D eigenvalue weighted by molar-refractivity contribution is 8.18. The van der Waals surface area contributed by atoms with Gasteiger partial charge in [0, 0.05) is 11.4 Å². The molecule has 1 aliphatic rings. The van der Waals surface area contributed by atoms with Crippen molar-refractivity contribution in [3.8, 4) is 11.5 Å². The van der Waals surface area contributed by atoms with Crippen LogP contribution in [0.5, 0.6) is 11.5 Å². The number of nitrogens with zero attached hydrogens (tertiary/aromatic N) is 1. The molecular weight excluding hydrogens is 530 g/mol. The van der Waals surface area contributed by atoms with Gasteiger partial charge in [-0.05, 0) is 91.7 Å². The van der Waals surface area contributed by atoms with E-state index in [2.05, 4.69) is 10.6 Å². The van der Waals surface area contributed by atoms with E-state index in [0.29, 0.717) is 28.4 Å². The number of amides is 4. The molecule has 0 aromatic heterocycles. The molecule has 0 saturated carbocycles. The first-order valence-corrected chi connectivity index (χ1v) is 13.2. The maximum absolute atomic E-state index is 12.9. The molecule has 0 radical (unpaired) electrons. The molecule has 3 aromatic rings. The van der Waals surface area contributed by atoms with Gasteiger partial charge in [0.05, 0.1) is 12.0 Å². The normalized spacial score (nSPS) is 13.9. The predicted octanol–water partition coefficient (Wildman–Crippen LogP) is 5.31. The van der Waals surface area contributed by atoms with Crippen molar-refractivity contribution in [3.05, 3.63) is 87.8 Å². The molecule has 206 valence electrons. The van der Waals surface area contributed by atoms with Crippen molar-refractivity contribution < 1.29 is 28.7 Å². The maximum Gasteiger partial charge on any atom is 0.294 e. The average Bonchev–Trinajstić information content (AvgIpc) is 3.18. The number of rotatable bonds is 9. The van der Waals surface area contributed by atoms with Crippen molar-refractivity contribution in [1.29, 1.82) is 0 Å². The lowest BCUT2D eigenvalue weighted by Crippen LogP contribution is -2.36. The van der Waals surface area contributed by atoms with E-state index in [1.807, 2.05) is 57.2 Å². The number of aryl methyl sites for hydroxylation is 3. The average molecular weight is 560 g/mol. The Labute approximate surface area is 236 Å². The standard InChI is InChI=1S/C30H29N3O6S/c1-18-5-9-22(10-6-18)31-28(35)17-39-24-12-8-21(14-25(24)38-4)15-26-29(36)33(30(37)40-26)16-27(34)32-23-11-7-19(2)20(3)13-23/h5-15H,16-17H2,1-4H3,(H,31,35)(H,32,34)/b26-15+. The third-order valence-electron chi connectivity index (χ3n) is 6.15. The Bertz CT molecular complexity index is 1500. The monoisotopic (exact) mass is 559 g/mol.